The van der Waals surface area contributed by atoms with Crippen LogP contribution in [0.5, 0.6) is 0 Å². The number of furan rings is 2. The summed E-state index contributed by atoms with van der Waals surface area (Å²) in [4.78, 5) is 34.4. The molecule has 2 N–H and O–H groups in total. The molecule has 120 valence electrons. The zero-order valence-electron chi connectivity index (χ0n) is 11.9. The van der Waals surface area contributed by atoms with E-state index in [1.807, 2.05) is 0 Å². The smallest absolute Gasteiger partial charge is 0.291 e. The van der Waals surface area contributed by atoms with Crippen molar-refractivity contribution < 1.29 is 28.3 Å². The van der Waals surface area contributed by atoms with Gasteiger partial charge in [0.15, 0.2) is 5.76 Å². The van der Waals surface area contributed by atoms with Crippen LogP contribution < -0.4 is 15.7 Å². The molecular weight excluding hydrogens is 304 g/mol. The Morgan fingerprint density at radius 3 is 2.48 bits per heavy atom. The molecule has 0 aliphatic heterocycles. The number of carboxylic acids is 1. The molecule has 0 aromatic carbocycles. The Kier molecular flexibility index (Phi) is 5.35. The van der Waals surface area contributed by atoms with E-state index < -0.39 is 17.8 Å². The van der Waals surface area contributed by atoms with Gasteiger partial charge in [-0.1, -0.05) is 0 Å². The second-order valence-corrected chi connectivity index (χ2v) is 4.38. The molecule has 0 bridgehead atoms. The van der Waals surface area contributed by atoms with Crippen LogP contribution in [-0.2, 0) is 9.59 Å². The number of carbonyl (C=O) groups is 3. The summed E-state index contributed by atoms with van der Waals surface area (Å²) in [5.41, 5.74) is -0.111. The molecule has 0 spiro atoms. The van der Waals surface area contributed by atoms with E-state index in [0.29, 0.717) is 5.76 Å². The van der Waals surface area contributed by atoms with Gasteiger partial charge >= 0.3 is 0 Å². The van der Waals surface area contributed by atoms with Crippen molar-refractivity contribution in [2.45, 2.75) is 6.42 Å². The molecule has 0 saturated heterocycles. The van der Waals surface area contributed by atoms with E-state index in [1.54, 1.807) is 12.1 Å². The van der Waals surface area contributed by atoms with E-state index in [-0.39, 0.29) is 24.4 Å². The Bertz CT molecular complexity index is 700. The summed E-state index contributed by atoms with van der Waals surface area (Å²) in [6.07, 6.45) is 3.71. The van der Waals surface area contributed by atoms with Crippen molar-refractivity contribution in [1.29, 1.82) is 0 Å². The molecule has 23 heavy (non-hydrogen) atoms. The van der Waals surface area contributed by atoms with E-state index in [0.717, 1.165) is 0 Å². The zero-order valence-corrected chi connectivity index (χ0v) is 11.9. The quantitative estimate of drug-likeness (QED) is 0.687. The molecule has 2 aromatic rings. The van der Waals surface area contributed by atoms with Gasteiger partial charge in [0.2, 0.25) is 0 Å². The molecule has 2 heterocycles. The summed E-state index contributed by atoms with van der Waals surface area (Å²) in [6.45, 7) is -0.132. The van der Waals surface area contributed by atoms with Crippen molar-refractivity contribution >= 4 is 23.9 Å². The largest absolute Gasteiger partial charge is 0.550 e. The predicted molar refractivity (Wildman–Crippen MR) is 75.5 cm³/mol. The highest BCUT2D eigenvalue weighted by Gasteiger charge is 2.16. The number of hydrogen-bond donors (Lipinski definition) is 2. The molecule has 0 aliphatic carbocycles. The molecule has 0 saturated carbocycles. The van der Waals surface area contributed by atoms with Crippen LogP contribution in [0.25, 0.3) is 6.08 Å². The van der Waals surface area contributed by atoms with E-state index in [9.17, 15) is 19.5 Å². The van der Waals surface area contributed by atoms with Crippen molar-refractivity contribution in [3.63, 3.8) is 0 Å². The first-order valence-corrected chi connectivity index (χ1v) is 6.64. The number of amides is 2. The minimum Gasteiger partial charge on any atom is -0.550 e. The van der Waals surface area contributed by atoms with Crippen molar-refractivity contribution in [2.24, 2.45) is 0 Å². The lowest BCUT2D eigenvalue weighted by Crippen LogP contribution is -2.37. The summed E-state index contributed by atoms with van der Waals surface area (Å²) >= 11 is 0. The third-order valence-corrected chi connectivity index (χ3v) is 2.68. The first-order chi connectivity index (χ1) is 11.1. The van der Waals surface area contributed by atoms with Gasteiger partial charge < -0.3 is 29.4 Å². The van der Waals surface area contributed by atoms with Crippen LogP contribution in [0.3, 0.4) is 0 Å². The summed E-state index contributed by atoms with van der Waals surface area (Å²) in [6, 6.07) is 6.18. The van der Waals surface area contributed by atoms with Crippen molar-refractivity contribution in [2.75, 3.05) is 6.54 Å². The van der Waals surface area contributed by atoms with E-state index in [1.165, 1.54) is 30.7 Å². The van der Waals surface area contributed by atoms with E-state index in [2.05, 4.69) is 10.6 Å². The first-order valence-electron chi connectivity index (χ1n) is 6.64. The lowest BCUT2D eigenvalue weighted by molar-refractivity contribution is -0.305. The third kappa shape index (κ3) is 4.88. The van der Waals surface area contributed by atoms with Crippen LogP contribution >= 0.6 is 0 Å². The topological polar surface area (TPSA) is 125 Å². The van der Waals surface area contributed by atoms with Crippen molar-refractivity contribution in [3.05, 3.63) is 54.0 Å². The maximum atomic E-state index is 12.1. The molecule has 8 heteroatoms. The van der Waals surface area contributed by atoms with Crippen LogP contribution in [0.15, 0.2) is 51.3 Å². The number of hydrogen-bond acceptors (Lipinski definition) is 6. The number of carboxylic acid groups (broad SMARTS) is 1. The van der Waals surface area contributed by atoms with Gasteiger partial charge in [-0.3, -0.25) is 9.59 Å². The van der Waals surface area contributed by atoms with Gasteiger partial charge in [-0.15, -0.1) is 0 Å². The van der Waals surface area contributed by atoms with Crippen molar-refractivity contribution in [1.82, 2.24) is 10.6 Å². The normalized spacial score (nSPS) is 11.0. The van der Waals surface area contributed by atoms with Crippen LogP contribution in [0.2, 0.25) is 0 Å². The van der Waals surface area contributed by atoms with Crippen molar-refractivity contribution in [3.8, 4) is 0 Å². The Labute approximate surface area is 130 Å². The van der Waals surface area contributed by atoms with Crippen LogP contribution in [-0.4, -0.2) is 24.3 Å². The number of carbonyl (C=O) groups excluding carboxylic acids is 3. The average molecular weight is 317 g/mol. The summed E-state index contributed by atoms with van der Waals surface area (Å²) in [7, 11) is 0. The first kappa shape index (κ1) is 16.1. The molecule has 0 aliphatic rings. The molecule has 2 amide bonds. The van der Waals surface area contributed by atoms with E-state index in [4.69, 9.17) is 8.83 Å². The molecule has 0 fully saturated rings. The lowest BCUT2D eigenvalue weighted by atomic mass is 10.3. The fourth-order valence-electron chi connectivity index (χ4n) is 1.64. The van der Waals surface area contributed by atoms with Crippen LogP contribution in [0.1, 0.15) is 22.7 Å². The van der Waals surface area contributed by atoms with Gasteiger partial charge in [0.05, 0.1) is 12.5 Å². The van der Waals surface area contributed by atoms with Crippen LogP contribution in [0.4, 0.5) is 0 Å². The monoisotopic (exact) mass is 317 g/mol. The summed E-state index contributed by atoms with van der Waals surface area (Å²) < 4.78 is 10.0. The second kappa shape index (κ2) is 7.64. The molecule has 0 atom stereocenters. The summed E-state index contributed by atoms with van der Waals surface area (Å²) in [5, 5.41) is 15.1. The Balaban J connectivity index is 2.10. The highest BCUT2D eigenvalue weighted by atomic mass is 16.4. The van der Waals surface area contributed by atoms with Gasteiger partial charge in [-0.05, 0) is 24.3 Å². The molecule has 2 rings (SSSR count). The zero-order chi connectivity index (χ0) is 16.7. The Morgan fingerprint density at radius 2 is 1.87 bits per heavy atom. The highest BCUT2D eigenvalue weighted by molar-refractivity contribution is 6.04. The van der Waals surface area contributed by atoms with Gasteiger partial charge in [0.25, 0.3) is 11.8 Å². The molecular formula is C15H13N2O6-. The lowest BCUT2D eigenvalue weighted by Gasteiger charge is -2.10. The maximum absolute atomic E-state index is 12.1. The van der Waals surface area contributed by atoms with Gasteiger partial charge in [-0.2, -0.15) is 0 Å². The number of nitrogens with one attached hydrogen (secondary N) is 2. The number of rotatable bonds is 7. The number of aliphatic carboxylic acids is 1. The van der Waals surface area contributed by atoms with Gasteiger partial charge in [0.1, 0.15) is 11.5 Å². The van der Waals surface area contributed by atoms with Crippen LogP contribution in [0, 0.1) is 0 Å². The SMILES string of the molecule is O=C([O-])CCNC(=O)/C(=C/c1ccco1)NC(=O)c1ccco1. The Hall–Kier alpha value is -3.29. The second-order valence-electron chi connectivity index (χ2n) is 4.38. The molecule has 2 aromatic heterocycles. The fourth-order valence-corrected chi connectivity index (χ4v) is 1.64. The third-order valence-electron chi connectivity index (χ3n) is 2.68. The standard InChI is InChI=1S/C15H14N2O6/c18-13(19)5-6-16-14(20)11(9-10-3-1-7-22-10)17-15(21)12-4-2-8-23-12/h1-4,7-9H,5-6H2,(H,16,20)(H,17,21)(H,18,19)/p-1/b11-9-. The molecule has 0 radical (unpaired) electrons. The molecule has 0 unspecified atom stereocenters. The maximum Gasteiger partial charge on any atom is 0.291 e. The summed E-state index contributed by atoms with van der Waals surface area (Å²) in [5.74, 6) is -2.21. The van der Waals surface area contributed by atoms with E-state index >= 15 is 0 Å². The average Bonchev–Trinajstić information content (AvgIpc) is 3.19. The Morgan fingerprint density at radius 1 is 1.13 bits per heavy atom. The minimum absolute atomic E-state index is 0.0258. The van der Waals surface area contributed by atoms with Gasteiger partial charge in [-0.25, -0.2) is 0 Å². The minimum atomic E-state index is -1.29. The highest BCUT2D eigenvalue weighted by Crippen LogP contribution is 2.08. The fraction of sp³-hybridized carbons (Fsp3) is 0.133. The molecule has 8 nitrogen and oxygen atoms in total. The van der Waals surface area contributed by atoms with Gasteiger partial charge in [0, 0.05) is 25.0 Å². The predicted octanol–water partition coefficient (Wildman–Crippen LogP) is -0.100.